The molecule has 1 aromatic carbocycles. The van der Waals surface area contributed by atoms with Crippen LogP contribution in [-0.2, 0) is 9.22 Å². The van der Waals surface area contributed by atoms with Gasteiger partial charge in [-0.05, 0) is 29.1 Å². The van der Waals surface area contributed by atoms with Crippen molar-refractivity contribution in [3.63, 3.8) is 0 Å². The molecule has 3 nitrogen and oxygen atoms in total. The molecule has 0 unspecified atom stereocenters. The van der Waals surface area contributed by atoms with Gasteiger partial charge in [0.2, 0.25) is 8.32 Å². The summed E-state index contributed by atoms with van der Waals surface area (Å²) in [6.07, 6.45) is -0.320. The van der Waals surface area contributed by atoms with E-state index in [0.717, 1.165) is 5.56 Å². The molecule has 1 rings (SSSR count). The summed E-state index contributed by atoms with van der Waals surface area (Å²) in [5, 5.41) is 10.2. The number of benzene rings is 1. The zero-order valence-electron chi connectivity index (χ0n) is 17.0. The van der Waals surface area contributed by atoms with Crippen molar-refractivity contribution in [3.05, 3.63) is 35.9 Å². The summed E-state index contributed by atoms with van der Waals surface area (Å²) in [7, 11) is -1.98. The first-order valence-electron chi connectivity index (χ1n) is 9.53. The second-order valence-corrected chi connectivity index (χ2v) is 13.5. The van der Waals surface area contributed by atoms with E-state index in [-0.39, 0.29) is 18.3 Å². The van der Waals surface area contributed by atoms with E-state index < -0.39 is 14.4 Å². The van der Waals surface area contributed by atoms with Gasteiger partial charge in [-0.2, -0.15) is 0 Å². The highest BCUT2D eigenvalue weighted by molar-refractivity contribution is 6.77. The number of Topliss-reactive ketones (excluding diaryl/α,β-unsaturated/α-hetero) is 1. The standard InChI is InChI=1S/C21H36O3Si/c1-15(2)25(16(3)4,17(5)6)24-18(7)13-20(22)14-21(23)19-11-9-8-10-12-19/h8-12,15-18,21,23H,13-14H2,1-7H3/t18-,21+/m0/s1. The Morgan fingerprint density at radius 1 is 0.920 bits per heavy atom. The number of aliphatic hydroxyl groups excluding tert-OH is 1. The predicted molar refractivity (Wildman–Crippen MR) is 107 cm³/mol. The quantitative estimate of drug-likeness (QED) is 0.546. The molecule has 0 amide bonds. The zero-order valence-corrected chi connectivity index (χ0v) is 18.0. The van der Waals surface area contributed by atoms with Crippen molar-refractivity contribution < 1.29 is 14.3 Å². The normalized spacial score (nSPS) is 15.0. The van der Waals surface area contributed by atoms with Gasteiger partial charge in [-0.1, -0.05) is 71.9 Å². The molecule has 1 aromatic rings. The molecular formula is C21H36O3Si. The first kappa shape index (κ1) is 22.1. The number of carbonyl (C=O) groups is 1. The number of rotatable bonds is 10. The van der Waals surface area contributed by atoms with Crippen molar-refractivity contribution in [1.29, 1.82) is 0 Å². The third kappa shape index (κ3) is 5.76. The summed E-state index contributed by atoms with van der Waals surface area (Å²) in [4.78, 5) is 12.4. The Balaban J connectivity index is 2.70. The van der Waals surface area contributed by atoms with E-state index in [4.69, 9.17) is 4.43 Å². The van der Waals surface area contributed by atoms with E-state index in [2.05, 4.69) is 41.5 Å². The maximum atomic E-state index is 12.4. The molecule has 0 aliphatic rings. The average molecular weight is 365 g/mol. The summed E-state index contributed by atoms with van der Waals surface area (Å²) in [6, 6.07) is 9.37. The van der Waals surface area contributed by atoms with Crippen LogP contribution >= 0.6 is 0 Å². The predicted octanol–water partition coefficient (Wildman–Crippen LogP) is 5.65. The lowest BCUT2D eigenvalue weighted by Gasteiger charge is -2.44. The van der Waals surface area contributed by atoms with Gasteiger partial charge in [-0.25, -0.2) is 0 Å². The van der Waals surface area contributed by atoms with Gasteiger partial charge in [-0.15, -0.1) is 0 Å². The Morgan fingerprint density at radius 3 is 1.84 bits per heavy atom. The van der Waals surface area contributed by atoms with Crippen molar-refractivity contribution in [2.24, 2.45) is 0 Å². The number of carbonyl (C=O) groups excluding carboxylic acids is 1. The maximum Gasteiger partial charge on any atom is 0.200 e. The molecule has 0 aliphatic carbocycles. The Morgan fingerprint density at radius 2 is 1.40 bits per heavy atom. The van der Waals surface area contributed by atoms with Gasteiger partial charge in [0.05, 0.1) is 6.10 Å². The van der Waals surface area contributed by atoms with Gasteiger partial charge < -0.3 is 9.53 Å². The monoisotopic (exact) mass is 364 g/mol. The van der Waals surface area contributed by atoms with Gasteiger partial charge in [0.15, 0.2) is 0 Å². The topological polar surface area (TPSA) is 46.5 Å². The van der Waals surface area contributed by atoms with Crippen LogP contribution in [-0.4, -0.2) is 25.3 Å². The minimum atomic E-state index is -1.98. The summed E-state index contributed by atoms with van der Waals surface area (Å²) in [5.41, 5.74) is 2.29. The lowest BCUT2D eigenvalue weighted by molar-refractivity contribution is -0.122. The third-order valence-corrected chi connectivity index (χ3v) is 11.5. The van der Waals surface area contributed by atoms with Crippen LogP contribution in [0.15, 0.2) is 30.3 Å². The lowest BCUT2D eigenvalue weighted by atomic mass is 10.0. The van der Waals surface area contributed by atoms with E-state index >= 15 is 0 Å². The number of ketones is 1. The van der Waals surface area contributed by atoms with Crippen molar-refractivity contribution >= 4 is 14.1 Å². The van der Waals surface area contributed by atoms with Gasteiger partial charge >= 0.3 is 0 Å². The minimum Gasteiger partial charge on any atom is -0.413 e. The Kier molecular flexibility index (Phi) is 8.52. The van der Waals surface area contributed by atoms with E-state index in [1.807, 2.05) is 37.3 Å². The molecule has 0 heterocycles. The lowest BCUT2D eigenvalue weighted by Crippen LogP contribution is -2.50. The summed E-state index contributed by atoms with van der Waals surface area (Å²) in [6.45, 7) is 15.5. The van der Waals surface area contributed by atoms with Crippen LogP contribution < -0.4 is 0 Å². The molecule has 0 spiro atoms. The second kappa shape index (κ2) is 9.65. The van der Waals surface area contributed by atoms with Crippen LogP contribution in [0, 0.1) is 0 Å². The number of hydrogen-bond acceptors (Lipinski definition) is 3. The van der Waals surface area contributed by atoms with Crippen LogP contribution in [0.25, 0.3) is 0 Å². The van der Waals surface area contributed by atoms with Gasteiger partial charge in [0.25, 0.3) is 0 Å². The average Bonchev–Trinajstić information content (AvgIpc) is 2.52. The molecule has 0 aliphatic heterocycles. The molecule has 142 valence electrons. The molecule has 0 aromatic heterocycles. The molecule has 0 saturated carbocycles. The number of hydrogen-bond donors (Lipinski definition) is 1. The third-order valence-electron chi connectivity index (χ3n) is 5.23. The van der Waals surface area contributed by atoms with Gasteiger partial charge in [-0.3, -0.25) is 4.79 Å². The molecule has 1 N–H and O–H groups in total. The maximum absolute atomic E-state index is 12.4. The van der Waals surface area contributed by atoms with E-state index in [1.165, 1.54) is 0 Å². The second-order valence-electron chi connectivity index (χ2n) is 8.12. The molecule has 0 radical (unpaired) electrons. The van der Waals surface area contributed by atoms with Crippen molar-refractivity contribution in [2.45, 2.75) is 90.1 Å². The number of aliphatic hydroxyl groups is 1. The summed E-state index contributed by atoms with van der Waals surface area (Å²) >= 11 is 0. The smallest absolute Gasteiger partial charge is 0.200 e. The highest BCUT2D eigenvalue weighted by Crippen LogP contribution is 2.43. The fourth-order valence-corrected chi connectivity index (χ4v) is 9.81. The Bertz CT molecular complexity index is 503. The van der Waals surface area contributed by atoms with Crippen molar-refractivity contribution in [1.82, 2.24) is 0 Å². The molecule has 4 heteroatoms. The van der Waals surface area contributed by atoms with Crippen molar-refractivity contribution in [2.75, 3.05) is 0 Å². The van der Waals surface area contributed by atoms with E-state index in [9.17, 15) is 9.90 Å². The molecular weight excluding hydrogens is 328 g/mol. The summed E-state index contributed by atoms with van der Waals surface area (Å²) < 4.78 is 6.62. The highest BCUT2D eigenvalue weighted by atomic mass is 28.4. The highest BCUT2D eigenvalue weighted by Gasteiger charge is 2.46. The summed E-state index contributed by atoms with van der Waals surface area (Å²) in [5.74, 6) is 0.0584. The Hall–Kier alpha value is -0.973. The van der Waals surface area contributed by atoms with Crippen molar-refractivity contribution in [3.8, 4) is 0 Å². The largest absolute Gasteiger partial charge is 0.413 e. The van der Waals surface area contributed by atoms with Gasteiger partial charge in [0, 0.05) is 18.9 Å². The molecule has 0 fully saturated rings. The van der Waals surface area contributed by atoms with E-state index in [1.54, 1.807) is 0 Å². The van der Waals surface area contributed by atoms with Crippen LogP contribution in [0.3, 0.4) is 0 Å². The SMILES string of the molecule is CC(C)[Si](O[C@@H](C)CC(=O)C[C@@H](O)c1ccccc1)(C(C)C)C(C)C. The van der Waals surface area contributed by atoms with Gasteiger partial charge in [0.1, 0.15) is 5.78 Å². The molecule has 0 bridgehead atoms. The molecule has 0 saturated heterocycles. The van der Waals surface area contributed by atoms with Crippen LogP contribution in [0.4, 0.5) is 0 Å². The zero-order chi connectivity index (χ0) is 19.2. The van der Waals surface area contributed by atoms with E-state index in [0.29, 0.717) is 23.0 Å². The first-order chi connectivity index (χ1) is 11.6. The Labute approximate surface area is 154 Å². The minimum absolute atomic E-state index is 0.0584. The van der Waals surface area contributed by atoms with Crippen LogP contribution in [0.5, 0.6) is 0 Å². The molecule has 2 atom stereocenters. The van der Waals surface area contributed by atoms with Crippen LogP contribution in [0.1, 0.15) is 73.0 Å². The molecule has 25 heavy (non-hydrogen) atoms. The fourth-order valence-electron chi connectivity index (χ4n) is 4.21. The van der Waals surface area contributed by atoms with Crippen LogP contribution in [0.2, 0.25) is 16.6 Å². The fraction of sp³-hybridized carbons (Fsp3) is 0.667. The first-order valence-corrected chi connectivity index (χ1v) is 11.7.